The second-order valence-electron chi connectivity index (χ2n) is 8.36. The van der Waals surface area contributed by atoms with Crippen LogP contribution in [0.3, 0.4) is 0 Å². The van der Waals surface area contributed by atoms with Gasteiger partial charge in [-0.05, 0) is 54.2 Å². The predicted octanol–water partition coefficient (Wildman–Crippen LogP) is 5.68. The smallest absolute Gasteiger partial charge is 0.266 e. The third-order valence-electron chi connectivity index (χ3n) is 5.65. The third kappa shape index (κ3) is 5.79. The van der Waals surface area contributed by atoms with Crippen molar-refractivity contribution in [3.63, 3.8) is 0 Å². The minimum atomic E-state index is -0.0941. The highest BCUT2D eigenvalue weighted by molar-refractivity contribution is 7.22. The molecule has 6 nitrogen and oxygen atoms in total. The first-order chi connectivity index (χ1) is 16.0. The summed E-state index contributed by atoms with van der Waals surface area (Å²) in [5.74, 6) is 1.06. The molecule has 172 valence electrons. The fraction of sp³-hybridized carbons (Fsp3) is 0.346. The average Bonchev–Trinajstić information content (AvgIpc) is 3.49. The van der Waals surface area contributed by atoms with Gasteiger partial charge in [0.15, 0.2) is 11.7 Å². The number of carbonyl (C=O) groups is 1. The number of hydrogen-bond donors (Lipinski definition) is 0. The molecule has 4 aromatic rings. The summed E-state index contributed by atoms with van der Waals surface area (Å²) in [6, 6.07) is 14.2. The van der Waals surface area contributed by atoms with Crippen LogP contribution in [0.15, 0.2) is 61.2 Å². The quantitative estimate of drug-likeness (QED) is 0.304. The molecule has 0 saturated carbocycles. The molecule has 0 spiro atoms. The molecule has 0 aliphatic rings. The minimum absolute atomic E-state index is 0.0256. The summed E-state index contributed by atoms with van der Waals surface area (Å²) in [6.45, 7) is 7.77. The molecule has 1 amide bonds. The molecule has 0 saturated heterocycles. The number of anilines is 1. The molecule has 0 fully saturated rings. The summed E-state index contributed by atoms with van der Waals surface area (Å²) >= 11 is 1.56. The van der Waals surface area contributed by atoms with Gasteiger partial charge >= 0.3 is 0 Å². The Morgan fingerprint density at radius 3 is 2.70 bits per heavy atom. The van der Waals surface area contributed by atoms with Gasteiger partial charge in [-0.2, -0.15) is 0 Å². The number of ether oxygens (including phenoxy) is 1. The van der Waals surface area contributed by atoms with E-state index in [-0.39, 0.29) is 12.5 Å². The SMILES string of the molecule is CCc1ccc2nc(N(CCCn3ccnc3)C(=O)COc3ccc(C(C)C)cc3)sc2c1. The normalized spacial score (nSPS) is 11.3. The van der Waals surface area contributed by atoms with E-state index in [0.717, 1.165) is 29.6 Å². The molecule has 0 bridgehead atoms. The Morgan fingerprint density at radius 2 is 2.00 bits per heavy atom. The van der Waals surface area contributed by atoms with Gasteiger partial charge in [0.25, 0.3) is 5.91 Å². The molecule has 7 heteroatoms. The zero-order chi connectivity index (χ0) is 23.2. The van der Waals surface area contributed by atoms with Crippen molar-refractivity contribution in [2.24, 2.45) is 0 Å². The molecule has 2 heterocycles. The van der Waals surface area contributed by atoms with E-state index in [4.69, 9.17) is 9.72 Å². The van der Waals surface area contributed by atoms with Crippen molar-refractivity contribution in [3.05, 3.63) is 72.3 Å². The lowest BCUT2D eigenvalue weighted by Gasteiger charge is -2.20. The second-order valence-corrected chi connectivity index (χ2v) is 9.37. The van der Waals surface area contributed by atoms with Gasteiger partial charge in [0.1, 0.15) is 5.75 Å². The van der Waals surface area contributed by atoms with Crippen LogP contribution in [0, 0.1) is 0 Å². The zero-order valence-electron chi connectivity index (χ0n) is 19.4. The zero-order valence-corrected chi connectivity index (χ0v) is 20.2. The van der Waals surface area contributed by atoms with E-state index in [0.29, 0.717) is 23.3 Å². The molecule has 4 rings (SSSR count). The van der Waals surface area contributed by atoms with Crippen LogP contribution in [0.25, 0.3) is 10.2 Å². The molecule has 0 radical (unpaired) electrons. The average molecular weight is 463 g/mol. The van der Waals surface area contributed by atoms with Gasteiger partial charge in [-0.1, -0.05) is 50.3 Å². The largest absolute Gasteiger partial charge is 0.484 e. The number of thiazole rings is 1. The lowest BCUT2D eigenvalue weighted by Crippen LogP contribution is -2.36. The number of nitrogens with zero attached hydrogens (tertiary/aromatic N) is 4. The monoisotopic (exact) mass is 462 g/mol. The third-order valence-corrected chi connectivity index (χ3v) is 6.69. The fourth-order valence-electron chi connectivity index (χ4n) is 3.62. The Labute approximate surface area is 198 Å². The topological polar surface area (TPSA) is 60.2 Å². The van der Waals surface area contributed by atoms with E-state index in [1.807, 2.05) is 41.1 Å². The van der Waals surface area contributed by atoms with Gasteiger partial charge in [0, 0.05) is 25.5 Å². The van der Waals surface area contributed by atoms with Crippen LogP contribution >= 0.6 is 11.3 Å². The van der Waals surface area contributed by atoms with Crippen molar-refractivity contribution in [3.8, 4) is 5.75 Å². The van der Waals surface area contributed by atoms with Crippen LogP contribution in [-0.4, -0.2) is 33.6 Å². The number of rotatable bonds is 10. The Kier molecular flexibility index (Phi) is 7.40. The van der Waals surface area contributed by atoms with Crippen LogP contribution in [0.4, 0.5) is 5.13 Å². The summed E-state index contributed by atoms with van der Waals surface area (Å²) in [6.07, 6.45) is 7.25. The molecule has 0 aliphatic carbocycles. The van der Waals surface area contributed by atoms with Gasteiger partial charge in [-0.3, -0.25) is 9.69 Å². The molecule has 0 aliphatic heterocycles. The van der Waals surface area contributed by atoms with Crippen LogP contribution in [0.2, 0.25) is 0 Å². The number of fused-ring (bicyclic) bond motifs is 1. The van der Waals surface area contributed by atoms with Crippen LogP contribution in [-0.2, 0) is 17.8 Å². The molecule has 2 aromatic heterocycles. The summed E-state index contributed by atoms with van der Waals surface area (Å²) in [5, 5.41) is 0.715. The van der Waals surface area contributed by atoms with Gasteiger partial charge in [0.05, 0.1) is 16.5 Å². The van der Waals surface area contributed by atoms with E-state index in [1.165, 1.54) is 11.1 Å². The molecular weight excluding hydrogens is 432 g/mol. The van der Waals surface area contributed by atoms with Gasteiger partial charge < -0.3 is 9.30 Å². The van der Waals surface area contributed by atoms with E-state index >= 15 is 0 Å². The first-order valence-electron chi connectivity index (χ1n) is 11.4. The number of imidazole rings is 1. The second kappa shape index (κ2) is 10.6. The first kappa shape index (κ1) is 23.0. The van der Waals surface area contributed by atoms with Gasteiger partial charge in [-0.25, -0.2) is 9.97 Å². The summed E-state index contributed by atoms with van der Waals surface area (Å²) in [5.41, 5.74) is 3.43. The highest BCUT2D eigenvalue weighted by Crippen LogP contribution is 2.30. The number of amides is 1. The summed E-state index contributed by atoms with van der Waals surface area (Å²) in [4.78, 5) is 23.8. The Balaban J connectivity index is 1.49. The van der Waals surface area contributed by atoms with E-state index in [2.05, 4.69) is 37.9 Å². The van der Waals surface area contributed by atoms with Crippen LogP contribution < -0.4 is 9.64 Å². The van der Waals surface area contributed by atoms with E-state index in [9.17, 15) is 4.79 Å². The Morgan fingerprint density at radius 1 is 1.18 bits per heavy atom. The van der Waals surface area contributed by atoms with Crippen molar-refractivity contribution in [1.29, 1.82) is 0 Å². The van der Waals surface area contributed by atoms with E-state index < -0.39 is 0 Å². The van der Waals surface area contributed by atoms with Crippen molar-refractivity contribution in [1.82, 2.24) is 14.5 Å². The van der Waals surface area contributed by atoms with E-state index in [1.54, 1.807) is 28.8 Å². The van der Waals surface area contributed by atoms with Crippen molar-refractivity contribution in [2.75, 3.05) is 18.1 Å². The van der Waals surface area contributed by atoms with Crippen molar-refractivity contribution in [2.45, 2.75) is 46.1 Å². The summed E-state index contributed by atoms with van der Waals surface area (Å²) in [7, 11) is 0. The molecule has 33 heavy (non-hydrogen) atoms. The molecule has 2 aromatic carbocycles. The van der Waals surface area contributed by atoms with Gasteiger partial charge in [0.2, 0.25) is 0 Å². The standard InChI is InChI=1S/C26H30N4O2S/c1-4-20-6-11-23-24(16-20)33-26(28-23)30(14-5-13-29-15-12-27-18-29)25(31)17-32-22-9-7-21(8-10-22)19(2)3/h6-12,15-16,18-19H,4-5,13-14,17H2,1-3H3. The molecule has 0 N–H and O–H groups in total. The van der Waals surface area contributed by atoms with Crippen LogP contribution in [0.5, 0.6) is 5.75 Å². The van der Waals surface area contributed by atoms with Gasteiger partial charge in [-0.15, -0.1) is 0 Å². The maximum absolute atomic E-state index is 13.2. The first-order valence-corrected chi connectivity index (χ1v) is 12.2. The predicted molar refractivity (Wildman–Crippen MR) is 134 cm³/mol. The van der Waals surface area contributed by atoms with Crippen molar-refractivity contribution >= 4 is 32.6 Å². The van der Waals surface area contributed by atoms with Crippen LogP contribution in [0.1, 0.15) is 44.2 Å². The summed E-state index contributed by atoms with van der Waals surface area (Å²) < 4.78 is 8.95. The fourth-order valence-corrected chi connectivity index (χ4v) is 4.69. The molecule has 0 unspecified atom stereocenters. The number of aryl methyl sites for hydroxylation is 2. The molecule has 0 atom stereocenters. The maximum Gasteiger partial charge on any atom is 0.266 e. The van der Waals surface area contributed by atoms with Crippen molar-refractivity contribution < 1.29 is 9.53 Å². The minimum Gasteiger partial charge on any atom is -0.484 e. The highest BCUT2D eigenvalue weighted by atomic mass is 32.1. The number of carbonyl (C=O) groups excluding carboxylic acids is 1. The maximum atomic E-state index is 13.2. The lowest BCUT2D eigenvalue weighted by molar-refractivity contribution is -0.120. The number of benzene rings is 2. The molecular formula is C26H30N4O2S. The Bertz CT molecular complexity index is 1180. The number of aromatic nitrogens is 3. The Hall–Kier alpha value is -3.19. The number of hydrogen-bond acceptors (Lipinski definition) is 5. The highest BCUT2D eigenvalue weighted by Gasteiger charge is 2.20. The lowest BCUT2D eigenvalue weighted by atomic mass is 10.0.